The molecule has 1 aromatic carbocycles. The number of ether oxygens (including phenoxy) is 1. The van der Waals surface area contributed by atoms with Crippen molar-refractivity contribution < 1.29 is 4.74 Å². The summed E-state index contributed by atoms with van der Waals surface area (Å²) in [5, 5.41) is 0. The van der Waals surface area contributed by atoms with Gasteiger partial charge in [-0.25, -0.2) is 0 Å². The first kappa shape index (κ1) is 12.2. The lowest BCUT2D eigenvalue weighted by Gasteiger charge is -2.35. The molecule has 0 aromatic heterocycles. The van der Waals surface area contributed by atoms with Crippen LogP contribution in [0.3, 0.4) is 0 Å². The summed E-state index contributed by atoms with van der Waals surface area (Å²) in [5.41, 5.74) is 7.28. The maximum atomic E-state index is 6.04. The van der Waals surface area contributed by atoms with Gasteiger partial charge in [-0.05, 0) is 49.9 Å². The van der Waals surface area contributed by atoms with Gasteiger partial charge in [-0.2, -0.15) is 0 Å². The lowest BCUT2D eigenvalue weighted by atomic mass is 9.90. The monoisotopic (exact) mass is 234 g/mol. The van der Waals surface area contributed by atoms with E-state index in [1.807, 2.05) is 12.1 Å². The SMILES string of the molecule is COc1ccc(N(C)C2CCCC(N)C2)cc1. The molecule has 1 aromatic rings. The van der Waals surface area contributed by atoms with E-state index in [0.29, 0.717) is 12.1 Å². The molecule has 2 rings (SSSR count). The van der Waals surface area contributed by atoms with Crippen LogP contribution in [0.2, 0.25) is 0 Å². The highest BCUT2D eigenvalue weighted by atomic mass is 16.5. The predicted octanol–water partition coefficient (Wildman–Crippen LogP) is 2.40. The van der Waals surface area contributed by atoms with Gasteiger partial charge in [0.15, 0.2) is 0 Å². The van der Waals surface area contributed by atoms with Crippen LogP contribution in [0.1, 0.15) is 25.7 Å². The molecule has 0 radical (unpaired) electrons. The highest BCUT2D eigenvalue weighted by molar-refractivity contribution is 5.49. The van der Waals surface area contributed by atoms with Crippen molar-refractivity contribution in [2.75, 3.05) is 19.1 Å². The molecule has 0 bridgehead atoms. The normalized spacial score (nSPS) is 24.4. The Hall–Kier alpha value is -1.22. The minimum Gasteiger partial charge on any atom is -0.497 e. The molecule has 1 fully saturated rings. The van der Waals surface area contributed by atoms with E-state index in [2.05, 4.69) is 24.1 Å². The minimum atomic E-state index is 0.370. The molecular formula is C14H22N2O. The van der Waals surface area contributed by atoms with E-state index in [-0.39, 0.29) is 0 Å². The average Bonchev–Trinajstić information content (AvgIpc) is 2.38. The Morgan fingerprint density at radius 2 is 1.94 bits per heavy atom. The summed E-state index contributed by atoms with van der Waals surface area (Å²) in [6.45, 7) is 0. The van der Waals surface area contributed by atoms with E-state index in [0.717, 1.165) is 12.2 Å². The summed E-state index contributed by atoms with van der Waals surface area (Å²) >= 11 is 0. The van der Waals surface area contributed by atoms with Crippen molar-refractivity contribution in [3.05, 3.63) is 24.3 Å². The Morgan fingerprint density at radius 1 is 1.24 bits per heavy atom. The Kier molecular flexibility index (Phi) is 3.89. The topological polar surface area (TPSA) is 38.5 Å². The predicted molar refractivity (Wildman–Crippen MR) is 71.6 cm³/mol. The van der Waals surface area contributed by atoms with Crippen molar-refractivity contribution in [1.29, 1.82) is 0 Å². The first-order valence-electron chi connectivity index (χ1n) is 6.33. The zero-order valence-corrected chi connectivity index (χ0v) is 10.7. The molecule has 3 nitrogen and oxygen atoms in total. The molecule has 3 heteroatoms. The number of nitrogens with zero attached hydrogens (tertiary/aromatic N) is 1. The van der Waals surface area contributed by atoms with Gasteiger partial charge in [-0.15, -0.1) is 0 Å². The van der Waals surface area contributed by atoms with Gasteiger partial charge in [0.2, 0.25) is 0 Å². The summed E-state index contributed by atoms with van der Waals surface area (Å²) in [6, 6.07) is 9.18. The third kappa shape index (κ3) is 2.91. The smallest absolute Gasteiger partial charge is 0.119 e. The number of hydrogen-bond donors (Lipinski definition) is 1. The van der Waals surface area contributed by atoms with Crippen molar-refractivity contribution in [3.8, 4) is 5.75 Å². The molecule has 94 valence electrons. The molecule has 1 aliphatic rings. The van der Waals surface area contributed by atoms with Crippen LogP contribution in [0.5, 0.6) is 5.75 Å². The van der Waals surface area contributed by atoms with Crippen LogP contribution in [0.15, 0.2) is 24.3 Å². The molecule has 2 unspecified atom stereocenters. The van der Waals surface area contributed by atoms with Crippen molar-refractivity contribution in [3.63, 3.8) is 0 Å². The van der Waals surface area contributed by atoms with Crippen LogP contribution in [-0.4, -0.2) is 26.2 Å². The van der Waals surface area contributed by atoms with Crippen molar-refractivity contribution in [2.24, 2.45) is 5.73 Å². The van der Waals surface area contributed by atoms with Gasteiger partial charge < -0.3 is 15.4 Å². The Bertz CT molecular complexity index is 350. The lowest BCUT2D eigenvalue weighted by Crippen LogP contribution is -2.40. The van der Waals surface area contributed by atoms with E-state index < -0.39 is 0 Å². The van der Waals surface area contributed by atoms with Gasteiger partial charge >= 0.3 is 0 Å². The third-order valence-electron chi connectivity index (χ3n) is 3.71. The van der Waals surface area contributed by atoms with Gasteiger partial charge in [0.25, 0.3) is 0 Å². The standard InChI is InChI=1S/C14H22N2O/c1-16(13-5-3-4-11(15)10-13)12-6-8-14(17-2)9-7-12/h6-9,11,13H,3-5,10,15H2,1-2H3. The Labute approximate surface area is 104 Å². The summed E-state index contributed by atoms with van der Waals surface area (Å²) in [5.74, 6) is 0.905. The number of methoxy groups -OCH3 is 1. The van der Waals surface area contributed by atoms with Gasteiger partial charge in [0.1, 0.15) is 5.75 Å². The average molecular weight is 234 g/mol. The highest BCUT2D eigenvalue weighted by Crippen LogP contribution is 2.26. The molecule has 0 amide bonds. The second-order valence-corrected chi connectivity index (χ2v) is 4.89. The second kappa shape index (κ2) is 5.41. The Morgan fingerprint density at radius 3 is 2.53 bits per heavy atom. The molecular weight excluding hydrogens is 212 g/mol. The van der Waals surface area contributed by atoms with E-state index in [9.17, 15) is 0 Å². The molecule has 1 saturated carbocycles. The fraction of sp³-hybridized carbons (Fsp3) is 0.571. The van der Waals surface area contributed by atoms with Gasteiger partial charge in [-0.3, -0.25) is 0 Å². The number of rotatable bonds is 3. The van der Waals surface area contributed by atoms with Crippen LogP contribution in [0, 0.1) is 0 Å². The summed E-state index contributed by atoms with van der Waals surface area (Å²) < 4.78 is 5.17. The van der Waals surface area contributed by atoms with Gasteiger partial charge in [-0.1, -0.05) is 0 Å². The Balaban J connectivity index is 2.04. The van der Waals surface area contributed by atoms with Crippen molar-refractivity contribution >= 4 is 5.69 Å². The maximum Gasteiger partial charge on any atom is 0.119 e. The molecule has 0 heterocycles. The number of nitrogens with two attached hydrogens (primary N) is 1. The molecule has 0 aliphatic heterocycles. The highest BCUT2D eigenvalue weighted by Gasteiger charge is 2.22. The van der Waals surface area contributed by atoms with Crippen LogP contribution < -0.4 is 15.4 Å². The van der Waals surface area contributed by atoms with Crippen molar-refractivity contribution in [2.45, 2.75) is 37.8 Å². The lowest BCUT2D eigenvalue weighted by molar-refractivity contribution is 0.382. The molecule has 1 aliphatic carbocycles. The zero-order chi connectivity index (χ0) is 12.3. The quantitative estimate of drug-likeness (QED) is 0.872. The maximum absolute atomic E-state index is 6.04. The van der Waals surface area contributed by atoms with Crippen LogP contribution in [0.25, 0.3) is 0 Å². The minimum absolute atomic E-state index is 0.370. The largest absolute Gasteiger partial charge is 0.497 e. The summed E-state index contributed by atoms with van der Waals surface area (Å²) in [7, 11) is 3.85. The summed E-state index contributed by atoms with van der Waals surface area (Å²) in [6.07, 6.45) is 4.76. The molecule has 0 saturated heterocycles. The molecule has 2 atom stereocenters. The zero-order valence-electron chi connectivity index (χ0n) is 10.7. The number of anilines is 1. The molecule has 17 heavy (non-hydrogen) atoms. The number of hydrogen-bond acceptors (Lipinski definition) is 3. The van der Waals surface area contributed by atoms with Crippen LogP contribution in [0.4, 0.5) is 5.69 Å². The first-order valence-corrected chi connectivity index (χ1v) is 6.33. The molecule has 2 N–H and O–H groups in total. The fourth-order valence-corrected chi connectivity index (χ4v) is 2.58. The first-order chi connectivity index (χ1) is 8.20. The van der Waals surface area contributed by atoms with E-state index in [1.165, 1.54) is 24.9 Å². The van der Waals surface area contributed by atoms with E-state index in [1.54, 1.807) is 7.11 Å². The fourth-order valence-electron chi connectivity index (χ4n) is 2.58. The van der Waals surface area contributed by atoms with Crippen LogP contribution in [-0.2, 0) is 0 Å². The molecule has 0 spiro atoms. The van der Waals surface area contributed by atoms with Crippen LogP contribution >= 0.6 is 0 Å². The van der Waals surface area contributed by atoms with Gasteiger partial charge in [0.05, 0.1) is 7.11 Å². The number of benzene rings is 1. The van der Waals surface area contributed by atoms with Gasteiger partial charge in [0, 0.05) is 24.8 Å². The van der Waals surface area contributed by atoms with E-state index >= 15 is 0 Å². The van der Waals surface area contributed by atoms with Crippen molar-refractivity contribution in [1.82, 2.24) is 0 Å². The second-order valence-electron chi connectivity index (χ2n) is 4.89. The third-order valence-corrected chi connectivity index (χ3v) is 3.71. The van der Waals surface area contributed by atoms with E-state index in [4.69, 9.17) is 10.5 Å². The summed E-state index contributed by atoms with van der Waals surface area (Å²) in [4.78, 5) is 2.35.